The van der Waals surface area contributed by atoms with Crippen LogP contribution in [0.4, 0.5) is 0 Å². The van der Waals surface area contributed by atoms with Crippen molar-refractivity contribution < 1.29 is 4.74 Å². The van der Waals surface area contributed by atoms with Crippen molar-refractivity contribution in [2.75, 3.05) is 11.9 Å². The van der Waals surface area contributed by atoms with Gasteiger partial charge in [-0.3, -0.25) is 4.98 Å². The molecular weight excluding hydrogens is 326 g/mol. The summed E-state index contributed by atoms with van der Waals surface area (Å²) in [5.74, 6) is 0.915. The van der Waals surface area contributed by atoms with E-state index in [2.05, 4.69) is 33.0 Å². The smallest absolute Gasteiger partial charge is 0.145 e. The van der Waals surface area contributed by atoms with Crippen molar-refractivity contribution in [3.05, 3.63) is 36.5 Å². The van der Waals surface area contributed by atoms with E-state index in [1.807, 2.05) is 24.4 Å². The van der Waals surface area contributed by atoms with Crippen molar-refractivity contribution in [2.24, 2.45) is 5.41 Å². The minimum Gasteiger partial charge on any atom is -0.491 e. The van der Waals surface area contributed by atoms with Gasteiger partial charge in [-0.2, -0.15) is 0 Å². The molecule has 1 heterocycles. The molecule has 2 nitrogen and oxygen atoms in total. The van der Waals surface area contributed by atoms with E-state index in [-0.39, 0.29) is 5.41 Å². The number of para-hydroxylation sites is 1. The molecule has 0 aliphatic heterocycles. The number of pyridine rings is 1. The largest absolute Gasteiger partial charge is 0.491 e. The molecule has 1 aliphatic carbocycles. The average molecular weight is 348 g/mol. The van der Waals surface area contributed by atoms with Gasteiger partial charge in [0.15, 0.2) is 0 Å². The van der Waals surface area contributed by atoms with Gasteiger partial charge in [-0.15, -0.1) is 0 Å². The summed E-state index contributed by atoms with van der Waals surface area (Å²) in [6.07, 6.45) is 9.73. The Kier molecular flexibility index (Phi) is 4.79. The Hall–Kier alpha value is -1.09. The minimum atomic E-state index is 0.285. The molecule has 1 fully saturated rings. The molecule has 0 radical (unpaired) electrons. The molecule has 0 amide bonds. The fraction of sp³-hybridized carbons (Fsp3) is 0.500. The highest BCUT2D eigenvalue weighted by molar-refractivity contribution is 9.09. The third-order valence-corrected chi connectivity index (χ3v) is 5.77. The number of halogens is 1. The van der Waals surface area contributed by atoms with Gasteiger partial charge in [0.2, 0.25) is 0 Å². The molecule has 112 valence electrons. The lowest BCUT2D eigenvalue weighted by molar-refractivity contribution is 0.150. The Labute approximate surface area is 135 Å². The van der Waals surface area contributed by atoms with Crippen molar-refractivity contribution in [3.63, 3.8) is 0 Å². The number of ether oxygens (including phenoxy) is 1. The van der Waals surface area contributed by atoms with Crippen LogP contribution in [0.5, 0.6) is 5.75 Å². The van der Waals surface area contributed by atoms with Crippen LogP contribution in [0.25, 0.3) is 10.9 Å². The molecular formula is C18H22BrNO. The molecule has 0 unspecified atom stereocenters. The van der Waals surface area contributed by atoms with E-state index in [1.165, 1.54) is 38.5 Å². The second kappa shape index (κ2) is 6.78. The van der Waals surface area contributed by atoms with E-state index < -0.39 is 0 Å². The first-order valence-electron chi connectivity index (χ1n) is 7.86. The van der Waals surface area contributed by atoms with Crippen LogP contribution in [0.3, 0.4) is 0 Å². The average Bonchev–Trinajstić information content (AvgIpc) is 2.79. The quantitative estimate of drug-likeness (QED) is 0.549. The van der Waals surface area contributed by atoms with Gasteiger partial charge in [0, 0.05) is 22.3 Å². The maximum Gasteiger partial charge on any atom is 0.145 e. The standard InChI is InChI=1S/C18H22BrNO/c19-13-18(10-3-1-2-4-11-18)14-21-16-9-5-7-15-8-6-12-20-17(15)16/h5-9,12H,1-4,10-11,13-14H2. The van der Waals surface area contributed by atoms with Crippen LogP contribution in [0.2, 0.25) is 0 Å². The first-order chi connectivity index (χ1) is 10.3. The molecule has 3 heteroatoms. The van der Waals surface area contributed by atoms with E-state index >= 15 is 0 Å². The van der Waals surface area contributed by atoms with Crippen molar-refractivity contribution >= 4 is 26.8 Å². The lowest BCUT2D eigenvalue weighted by atomic mass is 9.83. The molecule has 0 saturated heterocycles. The van der Waals surface area contributed by atoms with Gasteiger partial charge in [-0.25, -0.2) is 0 Å². The summed E-state index contributed by atoms with van der Waals surface area (Å²) < 4.78 is 6.22. The molecule has 1 aromatic carbocycles. The summed E-state index contributed by atoms with van der Waals surface area (Å²) in [6.45, 7) is 0.786. The van der Waals surface area contributed by atoms with Gasteiger partial charge in [0.1, 0.15) is 11.3 Å². The highest BCUT2D eigenvalue weighted by Gasteiger charge is 2.31. The number of nitrogens with zero attached hydrogens (tertiary/aromatic N) is 1. The summed E-state index contributed by atoms with van der Waals surface area (Å²) in [5.41, 5.74) is 1.26. The third kappa shape index (κ3) is 3.39. The van der Waals surface area contributed by atoms with E-state index in [0.717, 1.165) is 28.6 Å². The SMILES string of the molecule is BrCC1(COc2cccc3cccnc23)CCCCCC1. The maximum absolute atomic E-state index is 6.22. The van der Waals surface area contributed by atoms with Crippen LogP contribution < -0.4 is 4.74 Å². The van der Waals surface area contributed by atoms with E-state index in [0.29, 0.717) is 0 Å². The first kappa shape index (κ1) is 14.8. The number of fused-ring (bicyclic) bond motifs is 1. The van der Waals surface area contributed by atoms with Gasteiger partial charge >= 0.3 is 0 Å². The Balaban J connectivity index is 1.78. The van der Waals surface area contributed by atoms with Gasteiger partial charge in [-0.05, 0) is 25.0 Å². The fourth-order valence-electron chi connectivity index (χ4n) is 3.22. The number of hydrogen-bond acceptors (Lipinski definition) is 2. The van der Waals surface area contributed by atoms with Gasteiger partial charge < -0.3 is 4.74 Å². The van der Waals surface area contributed by atoms with Crippen molar-refractivity contribution in [3.8, 4) is 5.75 Å². The van der Waals surface area contributed by atoms with E-state index in [4.69, 9.17) is 4.74 Å². The summed E-state index contributed by atoms with van der Waals surface area (Å²) in [6, 6.07) is 10.2. The summed E-state index contributed by atoms with van der Waals surface area (Å²) in [4.78, 5) is 4.48. The molecule has 0 atom stereocenters. The summed E-state index contributed by atoms with van der Waals surface area (Å²) in [5, 5.41) is 2.17. The molecule has 0 N–H and O–H groups in total. The van der Waals surface area contributed by atoms with Crippen LogP contribution >= 0.6 is 15.9 Å². The molecule has 1 aromatic heterocycles. The van der Waals surface area contributed by atoms with Gasteiger partial charge in [0.25, 0.3) is 0 Å². The van der Waals surface area contributed by atoms with Crippen LogP contribution in [0, 0.1) is 5.41 Å². The Morgan fingerprint density at radius 2 is 1.81 bits per heavy atom. The van der Waals surface area contributed by atoms with Crippen LogP contribution in [0.1, 0.15) is 38.5 Å². The van der Waals surface area contributed by atoms with Crippen molar-refractivity contribution in [1.29, 1.82) is 0 Å². The van der Waals surface area contributed by atoms with Gasteiger partial charge in [-0.1, -0.05) is 59.8 Å². The molecule has 2 aromatic rings. The highest BCUT2D eigenvalue weighted by atomic mass is 79.9. The first-order valence-corrected chi connectivity index (χ1v) is 8.98. The predicted molar refractivity (Wildman–Crippen MR) is 91.2 cm³/mol. The molecule has 0 bridgehead atoms. The van der Waals surface area contributed by atoms with Crippen LogP contribution in [-0.2, 0) is 0 Å². The van der Waals surface area contributed by atoms with E-state index in [1.54, 1.807) is 0 Å². The fourth-order valence-corrected chi connectivity index (χ4v) is 3.94. The highest BCUT2D eigenvalue weighted by Crippen LogP contribution is 2.37. The zero-order valence-corrected chi connectivity index (χ0v) is 13.9. The Bertz CT molecular complexity index is 585. The van der Waals surface area contributed by atoms with Crippen molar-refractivity contribution in [2.45, 2.75) is 38.5 Å². The number of benzene rings is 1. The third-order valence-electron chi connectivity index (χ3n) is 4.58. The number of hydrogen-bond donors (Lipinski definition) is 0. The second-order valence-corrected chi connectivity index (χ2v) is 6.73. The Morgan fingerprint density at radius 3 is 2.57 bits per heavy atom. The molecule has 3 rings (SSSR count). The molecule has 21 heavy (non-hydrogen) atoms. The normalized spacial score (nSPS) is 18.3. The maximum atomic E-state index is 6.22. The van der Waals surface area contributed by atoms with Crippen LogP contribution in [0.15, 0.2) is 36.5 Å². The lowest BCUT2D eigenvalue weighted by Crippen LogP contribution is -2.30. The molecule has 1 aliphatic rings. The topological polar surface area (TPSA) is 22.1 Å². The summed E-state index contributed by atoms with van der Waals surface area (Å²) >= 11 is 3.73. The van der Waals surface area contributed by atoms with Gasteiger partial charge in [0.05, 0.1) is 6.61 Å². The predicted octanol–water partition coefficient (Wildman–Crippen LogP) is 5.35. The number of rotatable bonds is 4. The van der Waals surface area contributed by atoms with E-state index in [9.17, 15) is 0 Å². The number of alkyl halides is 1. The minimum absolute atomic E-state index is 0.285. The van der Waals surface area contributed by atoms with Crippen LogP contribution in [-0.4, -0.2) is 16.9 Å². The number of aromatic nitrogens is 1. The molecule has 0 spiro atoms. The zero-order valence-electron chi connectivity index (χ0n) is 12.4. The Morgan fingerprint density at radius 1 is 1.05 bits per heavy atom. The zero-order chi connectivity index (χ0) is 14.5. The molecule has 1 saturated carbocycles. The lowest BCUT2D eigenvalue weighted by Gasteiger charge is -2.30. The monoisotopic (exact) mass is 347 g/mol. The second-order valence-electron chi connectivity index (χ2n) is 6.17. The summed E-state index contributed by atoms with van der Waals surface area (Å²) in [7, 11) is 0. The van der Waals surface area contributed by atoms with Crippen molar-refractivity contribution in [1.82, 2.24) is 4.98 Å².